The number of aliphatic hydroxyl groups is 2. The standard InChI is InChI=1S/C50H59N3O12/c1-29(55)40(45(57)51-35(28-54)22-24-39(56)62-48(2,3)4)52-47(59)49-26-38-41-42(64-50(63-41,33-11-7-5-8-12-33)34-13-9-6-10-14-34)44(49)65-53(43(49)46(58)61-38)27-32-19-16-30(17-20-32)15-18-31-21-23-36-37(25-31)60-36/h5-20,29,31,35-38,40-44,54-55H,21-28H2,1-4H3,(H,51,57)(H,52,59)/t29-,31?,35-,36?,37?,38+,40+,41-,42-,43-,44+,49-/m0/s1. The lowest BCUT2D eigenvalue weighted by Gasteiger charge is -2.49. The Morgan fingerprint density at radius 1 is 0.908 bits per heavy atom. The molecule has 15 heteroatoms. The molecule has 2 aliphatic carbocycles. The van der Waals surface area contributed by atoms with Crippen LogP contribution in [-0.2, 0) is 60.0 Å². The van der Waals surface area contributed by atoms with E-state index < -0.39 is 95.8 Å². The van der Waals surface area contributed by atoms with Crippen molar-refractivity contribution in [2.45, 2.75) is 145 Å². The summed E-state index contributed by atoms with van der Waals surface area (Å²) in [4.78, 5) is 63.0. The highest BCUT2D eigenvalue weighted by Gasteiger charge is 2.76. The average Bonchev–Trinajstić information content (AvgIpc) is 3.81. The number of carbonyl (C=O) groups excluding carboxylic acids is 4. The molecule has 9 rings (SSSR count). The maximum atomic E-state index is 15.3. The number of carbonyl (C=O) groups is 4. The van der Waals surface area contributed by atoms with Crippen LogP contribution < -0.4 is 10.6 Å². The molecule has 2 bridgehead atoms. The number of epoxide rings is 1. The van der Waals surface area contributed by atoms with Gasteiger partial charge in [-0.15, -0.1) is 0 Å². The number of rotatable bonds is 15. The number of esters is 2. The summed E-state index contributed by atoms with van der Waals surface area (Å²) in [5.41, 5.74) is 0.791. The van der Waals surface area contributed by atoms with Crippen LogP contribution in [0.15, 0.2) is 91.0 Å². The van der Waals surface area contributed by atoms with Gasteiger partial charge in [-0.25, -0.2) is 0 Å². The van der Waals surface area contributed by atoms with Crippen LogP contribution in [0.2, 0.25) is 0 Å². The molecule has 4 aliphatic heterocycles. The van der Waals surface area contributed by atoms with Crippen molar-refractivity contribution in [3.05, 3.63) is 113 Å². The first kappa shape index (κ1) is 45.2. The molecule has 2 saturated carbocycles. The average molecular weight is 894 g/mol. The molecule has 6 aliphatic rings. The fourth-order valence-corrected chi connectivity index (χ4v) is 10.3. The van der Waals surface area contributed by atoms with Crippen LogP contribution >= 0.6 is 0 Å². The number of benzene rings is 3. The Balaban J connectivity index is 1.01. The molecule has 346 valence electrons. The highest BCUT2D eigenvalue weighted by atomic mass is 16.8. The van der Waals surface area contributed by atoms with E-state index in [1.165, 1.54) is 12.0 Å². The van der Waals surface area contributed by atoms with Gasteiger partial charge in [-0.05, 0) is 70.4 Å². The van der Waals surface area contributed by atoms with Crippen molar-refractivity contribution in [1.29, 1.82) is 0 Å². The molecule has 2 amide bonds. The van der Waals surface area contributed by atoms with E-state index in [0.29, 0.717) is 29.3 Å². The zero-order chi connectivity index (χ0) is 45.7. The number of allylic oxidation sites excluding steroid dienone is 1. The van der Waals surface area contributed by atoms with E-state index in [1.807, 2.05) is 84.9 Å². The summed E-state index contributed by atoms with van der Waals surface area (Å²) < 4.78 is 31.4. The number of nitrogens with one attached hydrogen (secondary N) is 2. The van der Waals surface area contributed by atoms with Gasteiger partial charge in [0.1, 0.15) is 41.5 Å². The Hall–Kier alpha value is -5.00. The molecular formula is C50H59N3O12. The quantitative estimate of drug-likeness (QED) is 0.125. The second kappa shape index (κ2) is 18.0. The Morgan fingerprint density at radius 3 is 2.22 bits per heavy atom. The molecule has 65 heavy (non-hydrogen) atoms. The van der Waals surface area contributed by atoms with Gasteiger partial charge >= 0.3 is 11.9 Å². The van der Waals surface area contributed by atoms with Crippen LogP contribution in [0.1, 0.15) is 88.5 Å². The lowest BCUT2D eigenvalue weighted by atomic mass is 9.62. The third kappa shape index (κ3) is 8.99. The summed E-state index contributed by atoms with van der Waals surface area (Å²) in [5.74, 6) is -3.73. The van der Waals surface area contributed by atoms with E-state index in [2.05, 4.69) is 22.8 Å². The minimum Gasteiger partial charge on any atom is -0.460 e. The summed E-state index contributed by atoms with van der Waals surface area (Å²) in [6.07, 6.45) is 3.01. The third-order valence-corrected chi connectivity index (χ3v) is 13.5. The number of fused-ring (bicyclic) bond motifs is 5. The summed E-state index contributed by atoms with van der Waals surface area (Å²) in [6.45, 7) is 6.16. The largest absolute Gasteiger partial charge is 0.460 e. The predicted octanol–water partition coefficient (Wildman–Crippen LogP) is 4.22. The van der Waals surface area contributed by atoms with Crippen molar-refractivity contribution in [2.24, 2.45) is 11.3 Å². The monoisotopic (exact) mass is 893 g/mol. The van der Waals surface area contributed by atoms with Gasteiger partial charge in [-0.2, -0.15) is 5.06 Å². The molecule has 15 nitrogen and oxygen atoms in total. The Morgan fingerprint density at radius 2 is 1.58 bits per heavy atom. The molecule has 3 aromatic carbocycles. The molecule has 0 spiro atoms. The van der Waals surface area contributed by atoms with Crippen molar-refractivity contribution in [1.82, 2.24) is 15.7 Å². The number of nitrogens with zero attached hydrogens (tertiary/aromatic N) is 1. The second-order valence-corrected chi connectivity index (χ2v) is 19.3. The van der Waals surface area contributed by atoms with Crippen LogP contribution in [0.5, 0.6) is 0 Å². The highest BCUT2D eigenvalue weighted by molar-refractivity contribution is 5.96. The number of ether oxygens (including phenoxy) is 5. The first-order valence-corrected chi connectivity index (χ1v) is 22.8. The predicted molar refractivity (Wildman–Crippen MR) is 234 cm³/mol. The Kier molecular flexibility index (Phi) is 12.5. The van der Waals surface area contributed by atoms with Crippen molar-refractivity contribution in [3.8, 4) is 0 Å². The second-order valence-electron chi connectivity index (χ2n) is 19.3. The Bertz CT molecular complexity index is 2210. The molecule has 4 saturated heterocycles. The zero-order valence-corrected chi connectivity index (χ0v) is 37.2. The van der Waals surface area contributed by atoms with Gasteiger partial charge < -0.3 is 44.5 Å². The lowest BCUT2D eigenvalue weighted by Crippen LogP contribution is -2.71. The van der Waals surface area contributed by atoms with Gasteiger partial charge in [0.05, 0.1) is 37.5 Å². The van der Waals surface area contributed by atoms with Gasteiger partial charge in [0.25, 0.3) is 0 Å². The maximum Gasteiger partial charge on any atom is 0.327 e. The summed E-state index contributed by atoms with van der Waals surface area (Å²) in [5, 5.41) is 28.2. The topological polar surface area (TPSA) is 195 Å². The number of hydrogen-bond donors (Lipinski definition) is 4. The van der Waals surface area contributed by atoms with E-state index >= 15 is 4.79 Å². The zero-order valence-electron chi connectivity index (χ0n) is 37.2. The molecule has 3 unspecified atom stereocenters. The van der Waals surface area contributed by atoms with Crippen LogP contribution in [0, 0.1) is 11.3 Å². The maximum absolute atomic E-state index is 15.3. The van der Waals surface area contributed by atoms with E-state index in [0.717, 1.165) is 30.4 Å². The SMILES string of the molecule is C[C@H](O)[C@@H](NC(=O)[C@@]12C[C@H]3OC(=O)[C@@H]1N(Cc1ccc(C=CC4CCC5OC5C4)cc1)O[C@@H]2[C@H]1OC(c2ccccc2)(c2ccccc2)O[C@H]13)C(=O)N[C@H](CO)CCC(=O)OC(C)(C)C. The van der Waals surface area contributed by atoms with Crippen LogP contribution in [-0.4, -0.2) is 112 Å². The molecular weight excluding hydrogens is 835 g/mol. The normalized spacial score (nSPS) is 31.2. The van der Waals surface area contributed by atoms with Gasteiger partial charge in [0, 0.05) is 24.0 Å². The molecule has 12 atom stereocenters. The van der Waals surface area contributed by atoms with Gasteiger partial charge in [-0.3, -0.25) is 24.0 Å². The number of amides is 2. The molecule has 4 N–H and O–H groups in total. The lowest BCUT2D eigenvalue weighted by molar-refractivity contribution is -0.213. The summed E-state index contributed by atoms with van der Waals surface area (Å²) >= 11 is 0. The molecule has 0 aromatic heterocycles. The third-order valence-electron chi connectivity index (χ3n) is 13.5. The van der Waals surface area contributed by atoms with Crippen molar-refractivity contribution >= 4 is 29.8 Å². The molecule has 3 aromatic rings. The number of hydrogen-bond acceptors (Lipinski definition) is 13. The highest BCUT2D eigenvalue weighted by Crippen LogP contribution is 2.59. The van der Waals surface area contributed by atoms with E-state index in [9.17, 15) is 24.6 Å². The van der Waals surface area contributed by atoms with Crippen LogP contribution in [0.25, 0.3) is 6.08 Å². The van der Waals surface area contributed by atoms with E-state index in [4.69, 9.17) is 28.5 Å². The van der Waals surface area contributed by atoms with Crippen molar-refractivity contribution < 1.29 is 57.9 Å². The van der Waals surface area contributed by atoms with E-state index in [-0.39, 0.29) is 25.8 Å². The smallest absolute Gasteiger partial charge is 0.327 e. The first-order valence-electron chi connectivity index (χ1n) is 22.8. The molecule has 4 heterocycles. The van der Waals surface area contributed by atoms with Crippen molar-refractivity contribution in [2.75, 3.05) is 6.61 Å². The number of hydroxylamine groups is 2. The van der Waals surface area contributed by atoms with Crippen LogP contribution in [0.4, 0.5) is 0 Å². The fourth-order valence-electron chi connectivity index (χ4n) is 10.3. The van der Waals surface area contributed by atoms with Crippen LogP contribution in [0.3, 0.4) is 0 Å². The Labute approximate surface area is 378 Å². The molecule has 0 radical (unpaired) electrons. The fraction of sp³-hybridized carbons (Fsp3) is 0.520. The summed E-state index contributed by atoms with van der Waals surface area (Å²) in [7, 11) is 0. The van der Waals surface area contributed by atoms with E-state index in [1.54, 1.807) is 20.8 Å². The van der Waals surface area contributed by atoms with Gasteiger partial charge in [0.2, 0.25) is 17.6 Å². The molecule has 6 fully saturated rings. The van der Waals surface area contributed by atoms with Gasteiger partial charge in [-0.1, -0.05) is 97.1 Å². The minimum atomic E-state index is -1.69. The summed E-state index contributed by atoms with van der Waals surface area (Å²) in [6, 6.07) is 23.0. The number of aliphatic hydroxyl groups excluding tert-OH is 2. The minimum absolute atomic E-state index is 0.0402. The van der Waals surface area contributed by atoms with Gasteiger partial charge in [0.15, 0.2) is 6.04 Å². The van der Waals surface area contributed by atoms with Crippen molar-refractivity contribution in [3.63, 3.8) is 0 Å². The first-order chi connectivity index (χ1) is 31.2.